The number of nitrogens with zero attached hydrogens (tertiary/aromatic N) is 1. The van der Waals surface area contributed by atoms with E-state index in [9.17, 15) is 9.18 Å². The Morgan fingerprint density at radius 3 is 2.68 bits per heavy atom. The largest absolute Gasteiger partial charge is 0.348 e. The molecule has 0 saturated heterocycles. The molecule has 1 amide bonds. The maximum atomic E-state index is 12.7. The average molecular weight is 259 g/mol. The van der Waals surface area contributed by atoms with Gasteiger partial charge in [-0.05, 0) is 29.8 Å². The lowest BCUT2D eigenvalue weighted by molar-refractivity contribution is 0.0950. The van der Waals surface area contributed by atoms with Crippen LogP contribution in [0.25, 0.3) is 0 Å². The van der Waals surface area contributed by atoms with Gasteiger partial charge in [0.25, 0.3) is 5.91 Å². The summed E-state index contributed by atoms with van der Waals surface area (Å²) in [6.45, 7) is 0.637. The number of hydrogen-bond acceptors (Lipinski definition) is 3. The first-order valence-electron chi connectivity index (χ1n) is 5.86. The number of aromatic nitrogens is 1. The lowest BCUT2D eigenvalue weighted by atomic mass is 10.2. The van der Waals surface area contributed by atoms with Crippen LogP contribution in [0.3, 0.4) is 0 Å². The average Bonchev–Trinajstić information content (AvgIpc) is 2.46. The van der Waals surface area contributed by atoms with Crippen molar-refractivity contribution in [2.75, 3.05) is 0 Å². The second-order valence-corrected chi connectivity index (χ2v) is 4.05. The van der Waals surface area contributed by atoms with Crippen LogP contribution in [0.15, 0.2) is 42.6 Å². The normalized spacial score (nSPS) is 10.2. The number of pyridine rings is 1. The molecule has 1 heterocycles. The van der Waals surface area contributed by atoms with Crippen LogP contribution in [-0.4, -0.2) is 10.9 Å². The molecule has 5 heteroatoms. The van der Waals surface area contributed by atoms with E-state index in [4.69, 9.17) is 5.73 Å². The molecule has 19 heavy (non-hydrogen) atoms. The Morgan fingerprint density at radius 1 is 1.26 bits per heavy atom. The van der Waals surface area contributed by atoms with Gasteiger partial charge < -0.3 is 11.1 Å². The van der Waals surface area contributed by atoms with Crippen molar-refractivity contribution < 1.29 is 9.18 Å². The number of rotatable bonds is 4. The number of halogens is 1. The summed E-state index contributed by atoms with van der Waals surface area (Å²) in [6, 6.07) is 9.26. The molecule has 0 bridgehead atoms. The van der Waals surface area contributed by atoms with Crippen molar-refractivity contribution >= 4 is 5.91 Å². The predicted molar refractivity (Wildman–Crippen MR) is 69.7 cm³/mol. The third-order valence-corrected chi connectivity index (χ3v) is 2.65. The fourth-order valence-electron chi connectivity index (χ4n) is 1.62. The number of nitrogens with one attached hydrogen (secondary N) is 1. The molecule has 0 aliphatic heterocycles. The topological polar surface area (TPSA) is 68.0 Å². The molecule has 0 aliphatic rings. The second kappa shape index (κ2) is 6.06. The van der Waals surface area contributed by atoms with Crippen LogP contribution in [0.1, 0.15) is 21.6 Å². The van der Waals surface area contributed by atoms with Gasteiger partial charge in [-0.25, -0.2) is 4.39 Å². The van der Waals surface area contributed by atoms with E-state index in [1.807, 2.05) is 0 Å². The van der Waals surface area contributed by atoms with Gasteiger partial charge in [0.2, 0.25) is 0 Å². The molecule has 1 aromatic carbocycles. The SMILES string of the molecule is NCc1cc(C(=O)NCc2ccc(F)cc2)ccn1. The maximum Gasteiger partial charge on any atom is 0.251 e. The highest BCUT2D eigenvalue weighted by atomic mass is 19.1. The van der Waals surface area contributed by atoms with Crippen LogP contribution in [0, 0.1) is 5.82 Å². The zero-order chi connectivity index (χ0) is 13.7. The van der Waals surface area contributed by atoms with Crippen molar-refractivity contribution in [3.05, 3.63) is 65.2 Å². The molecular weight excluding hydrogens is 245 g/mol. The number of carbonyl (C=O) groups excluding carboxylic acids is 1. The summed E-state index contributed by atoms with van der Waals surface area (Å²) >= 11 is 0. The van der Waals surface area contributed by atoms with Gasteiger partial charge in [-0.1, -0.05) is 12.1 Å². The van der Waals surface area contributed by atoms with Crippen LogP contribution in [0.4, 0.5) is 4.39 Å². The van der Waals surface area contributed by atoms with Crippen molar-refractivity contribution in [3.8, 4) is 0 Å². The summed E-state index contributed by atoms with van der Waals surface area (Å²) in [6.07, 6.45) is 1.55. The molecule has 0 saturated carbocycles. The molecule has 4 nitrogen and oxygen atoms in total. The van der Waals surface area contributed by atoms with E-state index in [-0.39, 0.29) is 11.7 Å². The van der Waals surface area contributed by atoms with Gasteiger partial charge in [0, 0.05) is 24.8 Å². The molecule has 0 spiro atoms. The van der Waals surface area contributed by atoms with Gasteiger partial charge in [0.1, 0.15) is 5.82 Å². The number of amides is 1. The van der Waals surface area contributed by atoms with Crippen molar-refractivity contribution in [2.45, 2.75) is 13.1 Å². The first-order valence-corrected chi connectivity index (χ1v) is 5.86. The first kappa shape index (κ1) is 13.2. The van der Waals surface area contributed by atoms with Crippen LogP contribution >= 0.6 is 0 Å². The van der Waals surface area contributed by atoms with Crippen LogP contribution < -0.4 is 11.1 Å². The highest BCUT2D eigenvalue weighted by Gasteiger charge is 2.06. The number of hydrogen-bond donors (Lipinski definition) is 2. The molecule has 0 unspecified atom stereocenters. The number of benzene rings is 1. The quantitative estimate of drug-likeness (QED) is 0.876. The summed E-state index contributed by atoms with van der Waals surface area (Å²) in [4.78, 5) is 15.9. The summed E-state index contributed by atoms with van der Waals surface area (Å²) in [5, 5.41) is 2.76. The van der Waals surface area contributed by atoms with Crippen molar-refractivity contribution in [2.24, 2.45) is 5.73 Å². The molecule has 2 rings (SSSR count). The standard InChI is InChI=1S/C14H14FN3O/c15-12-3-1-10(2-4-12)9-18-14(19)11-5-6-17-13(7-11)8-16/h1-7H,8-9,16H2,(H,18,19). The molecular formula is C14H14FN3O. The predicted octanol–water partition coefficient (Wildman–Crippen LogP) is 1.61. The molecule has 0 radical (unpaired) electrons. The third-order valence-electron chi connectivity index (χ3n) is 2.65. The summed E-state index contributed by atoms with van der Waals surface area (Å²) < 4.78 is 12.7. The highest BCUT2D eigenvalue weighted by molar-refractivity contribution is 5.94. The Balaban J connectivity index is 1.99. The minimum Gasteiger partial charge on any atom is -0.348 e. The van der Waals surface area contributed by atoms with E-state index < -0.39 is 0 Å². The molecule has 0 aliphatic carbocycles. The van der Waals surface area contributed by atoms with E-state index in [0.717, 1.165) is 5.56 Å². The van der Waals surface area contributed by atoms with Gasteiger partial charge in [-0.3, -0.25) is 9.78 Å². The smallest absolute Gasteiger partial charge is 0.251 e. The molecule has 3 N–H and O–H groups in total. The molecule has 1 aromatic heterocycles. The second-order valence-electron chi connectivity index (χ2n) is 4.05. The monoisotopic (exact) mass is 259 g/mol. The van der Waals surface area contributed by atoms with Gasteiger partial charge in [-0.2, -0.15) is 0 Å². The minimum absolute atomic E-state index is 0.207. The molecule has 2 aromatic rings. The van der Waals surface area contributed by atoms with E-state index in [0.29, 0.717) is 24.3 Å². The van der Waals surface area contributed by atoms with Crippen molar-refractivity contribution in [1.29, 1.82) is 0 Å². The van der Waals surface area contributed by atoms with Gasteiger partial charge >= 0.3 is 0 Å². The van der Waals surface area contributed by atoms with E-state index in [1.165, 1.54) is 12.1 Å². The van der Waals surface area contributed by atoms with Crippen molar-refractivity contribution in [1.82, 2.24) is 10.3 Å². The highest BCUT2D eigenvalue weighted by Crippen LogP contribution is 2.04. The number of nitrogens with two attached hydrogens (primary N) is 1. The molecule has 0 fully saturated rings. The molecule has 98 valence electrons. The minimum atomic E-state index is -0.295. The lowest BCUT2D eigenvalue weighted by Gasteiger charge is -2.06. The van der Waals surface area contributed by atoms with E-state index >= 15 is 0 Å². The Kier molecular flexibility index (Phi) is 4.20. The Labute approximate surface area is 110 Å². The van der Waals surface area contributed by atoms with Crippen LogP contribution in [-0.2, 0) is 13.1 Å². The number of carbonyl (C=O) groups is 1. The Hall–Kier alpha value is -2.27. The van der Waals surface area contributed by atoms with Crippen LogP contribution in [0.2, 0.25) is 0 Å². The summed E-state index contributed by atoms with van der Waals surface area (Å²) in [5.41, 5.74) is 7.48. The van der Waals surface area contributed by atoms with Gasteiger partial charge in [-0.15, -0.1) is 0 Å². The summed E-state index contributed by atoms with van der Waals surface area (Å²) in [7, 11) is 0. The zero-order valence-corrected chi connectivity index (χ0v) is 10.3. The fraction of sp³-hybridized carbons (Fsp3) is 0.143. The fourth-order valence-corrected chi connectivity index (χ4v) is 1.62. The Bertz CT molecular complexity index is 569. The van der Waals surface area contributed by atoms with Crippen molar-refractivity contribution in [3.63, 3.8) is 0 Å². The zero-order valence-electron chi connectivity index (χ0n) is 10.3. The lowest BCUT2D eigenvalue weighted by Crippen LogP contribution is -2.23. The van der Waals surface area contributed by atoms with E-state index in [1.54, 1.807) is 30.5 Å². The Morgan fingerprint density at radius 2 is 2.00 bits per heavy atom. The van der Waals surface area contributed by atoms with Gasteiger partial charge in [0.05, 0.1) is 5.69 Å². The van der Waals surface area contributed by atoms with Crippen LogP contribution in [0.5, 0.6) is 0 Å². The first-order chi connectivity index (χ1) is 9.19. The maximum absolute atomic E-state index is 12.7. The third kappa shape index (κ3) is 3.59. The summed E-state index contributed by atoms with van der Waals surface area (Å²) in [5.74, 6) is -0.502. The van der Waals surface area contributed by atoms with E-state index in [2.05, 4.69) is 10.3 Å². The van der Waals surface area contributed by atoms with Gasteiger partial charge in [0.15, 0.2) is 0 Å². The molecule has 0 atom stereocenters.